The lowest BCUT2D eigenvalue weighted by atomic mass is 9.83. The molecule has 25 heavy (non-hydrogen) atoms. The summed E-state index contributed by atoms with van der Waals surface area (Å²) in [5.41, 5.74) is 7.82. The van der Waals surface area contributed by atoms with Crippen molar-refractivity contribution in [3.63, 3.8) is 0 Å². The van der Waals surface area contributed by atoms with Crippen LogP contribution in [0.5, 0.6) is 11.5 Å². The van der Waals surface area contributed by atoms with Gasteiger partial charge in [0.25, 0.3) is 0 Å². The van der Waals surface area contributed by atoms with Crippen molar-refractivity contribution in [2.75, 3.05) is 25.5 Å². The van der Waals surface area contributed by atoms with Crippen molar-refractivity contribution in [1.82, 2.24) is 5.32 Å². The number of carbonyl (C=O) groups is 1. The molecule has 0 aromatic heterocycles. The molecule has 5 heteroatoms. The summed E-state index contributed by atoms with van der Waals surface area (Å²) in [6.07, 6.45) is 0.767. The van der Waals surface area contributed by atoms with Gasteiger partial charge in [-0.05, 0) is 55.7 Å². The molecule has 1 aliphatic heterocycles. The normalized spacial score (nSPS) is 13.4. The largest absolute Gasteiger partial charge is 0.486 e. The van der Waals surface area contributed by atoms with Crippen LogP contribution >= 0.6 is 0 Å². The molecule has 1 amide bonds. The van der Waals surface area contributed by atoms with Gasteiger partial charge in [0.05, 0.1) is 5.41 Å². The van der Waals surface area contributed by atoms with Crippen LogP contribution in [-0.2, 0) is 16.6 Å². The third kappa shape index (κ3) is 3.87. The zero-order valence-electron chi connectivity index (χ0n) is 14.7. The van der Waals surface area contributed by atoms with Crippen molar-refractivity contribution in [2.24, 2.45) is 0 Å². The van der Waals surface area contributed by atoms with Crippen LogP contribution in [0.2, 0.25) is 0 Å². The zero-order valence-corrected chi connectivity index (χ0v) is 14.7. The lowest BCUT2D eigenvalue weighted by molar-refractivity contribution is -0.125. The Morgan fingerprint density at radius 2 is 1.76 bits per heavy atom. The van der Waals surface area contributed by atoms with E-state index in [1.54, 1.807) is 0 Å². The molecule has 0 unspecified atom stereocenters. The predicted molar refractivity (Wildman–Crippen MR) is 98.0 cm³/mol. The number of benzene rings is 2. The Morgan fingerprint density at radius 1 is 1.08 bits per heavy atom. The van der Waals surface area contributed by atoms with Crippen LogP contribution in [-0.4, -0.2) is 25.7 Å². The van der Waals surface area contributed by atoms with Gasteiger partial charge in [-0.15, -0.1) is 0 Å². The van der Waals surface area contributed by atoms with Crippen LogP contribution < -0.4 is 20.5 Å². The Kier molecular flexibility index (Phi) is 4.83. The number of nitrogen functional groups attached to an aromatic ring is 1. The van der Waals surface area contributed by atoms with Crippen LogP contribution in [0, 0.1) is 0 Å². The summed E-state index contributed by atoms with van der Waals surface area (Å²) in [6.45, 7) is 5.50. The number of nitrogens with two attached hydrogens (primary N) is 1. The zero-order chi connectivity index (χ0) is 17.9. The maximum Gasteiger partial charge on any atom is 0.230 e. The number of anilines is 1. The third-order valence-corrected chi connectivity index (χ3v) is 4.51. The Bertz CT molecular complexity index is 754. The van der Waals surface area contributed by atoms with E-state index in [0.717, 1.165) is 29.0 Å². The maximum atomic E-state index is 12.7. The van der Waals surface area contributed by atoms with Crippen molar-refractivity contribution in [1.29, 1.82) is 0 Å². The molecular formula is C20H24N2O3. The quantitative estimate of drug-likeness (QED) is 0.821. The third-order valence-electron chi connectivity index (χ3n) is 4.51. The number of nitrogens with one attached hydrogen (secondary N) is 1. The average Bonchev–Trinajstić information content (AvgIpc) is 2.62. The molecule has 3 rings (SSSR count). The number of hydrogen-bond acceptors (Lipinski definition) is 4. The van der Waals surface area contributed by atoms with Crippen molar-refractivity contribution in [3.8, 4) is 11.5 Å². The predicted octanol–water partition coefficient (Wildman–Crippen LogP) is 2.68. The fourth-order valence-electron chi connectivity index (χ4n) is 2.79. The van der Waals surface area contributed by atoms with Gasteiger partial charge in [-0.3, -0.25) is 4.79 Å². The van der Waals surface area contributed by atoms with Gasteiger partial charge in [0.2, 0.25) is 5.91 Å². The van der Waals surface area contributed by atoms with Crippen molar-refractivity contribution < 1.29 is 14.3 Å². The fourth-order valence-corrected chi connectivity index (χ4v) is 2.79. The fraction of sp³-hybridized carbons (Fsp3) is 0.350. The molecule has 2 aromatic carbocycles. The molecule has 5 nitrogen and oxygen atoms in total. The average molecular weight is 340 g/mol. The molecule has 0 spiro atoms. The molecule has 0 saturated carbocycles. The van der Waals surface area contributed by atoms with Gasteiger partial charge in [-0.1, -0.05) is 18.2 Å². The molecule has 0 aliphatic carbocycles. The number of ether oxygens (including phenoxy) is 2. The lowest BCUT2D eigenvalue weighted by Crippen LogP contribution is -2.41. The molecular weight excluding hydrogens is 316 g/mol. The minimum absolute atomic E-state index is 0.0142. The van der Waals surface area contributed by atoms with E-state index in [9.17, 15) is 4.79 Å². The summed E-state index contributed by atoms with van der Waals surface area (Å²) in [5.74, 6) is 1.42. The first-order valence-corrected chi connectivity index (χ1v) is 8.49. The summed E-state index contributed by atoms with van der Waals surface area (Å²) < 4.78 is 11.2. The molecule has 2 aromatic rings. The van der Waals surface area contributed by atoms with E-state index >= 15 is 0 Å². The van der Waals surface area contributed by atoms with Gasteiger partial charge in [-0.2, -0.15) is 0 Å². The van der Waals surface area contributed by atoms with Gasteiger partial charge in [0, 0.05) is 12.2 Å². The van der Waals surface area contributed by atoms with E-state index in [1.807, 2.05) is 56.3 Å². The van der Waals surface area contributed by atoms with Crippen molar-refractivity contribution in [3.05, 3.63) is 53.6 Å². The van der Waals surface area contributed by atoms with Crippen LogP contribution in [0.4, 0.5) is 5.69 Å². The molecule has 1 heterocycles. The minimum atomic E-state index is -0.656. The summed E-state index contributed by atoms with van der Waals surface area (Å²) in [4.78, 5) is 12.7. The Hall–Kier alpha value is -2.69. The highest BCUT2D eigenvalue weighted by molar-refractivity contribution is 5.87. The molecule has 3 N–H and O–H groups in total. The van der Waals surface area contributed by atoms with E-state index in [2.05, 4.69) is 5.32 Å². The minimum Gasteiger partial charge on any atom is -0.486 e. The number of fused-ring (bicyclic) bond motifs is 1. The van der Waals surface area contributed by atoms with E-state index in [4.69, 9.17) is 15.2 Å². The number of amides is 1. The van der Waals surface area contributed by atoms with Crippen LogP contribution in [0.3, 0.4) is 0 Å². The molecule has 1 aliphatic rings. The van der Waals surface area contributed by atoms with Gasteiger partial charge in [-0.25, -0.2) is 0 Å². The molecule has 132 valence electrons. The maximum absolute atomic E-state index is 12.7. The first-order valence-electron chi connectivity index (χ1n) is 8.49. The summed E-state index contributed by atoms with van der Waals surface area (Å²) >= 11 is 0. The highest BCUT2D eigenvalue weighted by Crippen LogP contribution is 2.35. The highest BCUT2D eigenvalue weighted by Gasteiger charge is 2.30. The van der Waals surface area contributed by atoms with E-state index in [-0.39, 0.29) is 5.91 Å². The summed E-state index contributed by atoms with van der Waals surface area (Å²) in [6, 6.07) is 13.4. The first kappa shape index (κ1) is 17.1. The molecule has 0 fully saturated rings. The summed E-state index contributed by atoms with van der Waals surface area (Å²) in [7, 11) is 0. The Labute approximate surface area is 148 Å². The second-order valence-electron chi connectivity index (χ2n) is 6.73. The van der Waals surface area contributed by atoms with E-state index in [0.29, 0.717) is 25.5 Å². The number of rotatable bonds is 5. The van der Waals surface area contributed by atoms with Crippen LogP contribution in [0.25, 0.3) is 0 Å². The topological polar surface area (TPSA) is 73.6 Å². The van der Waals surface area contributed by atoms with Gasteiger partial charge < -0.3 is 20.5 Å². The lowest BCUT2D eigenvalue weighted by Gasteiger charge is -2.26. The molecule has 0 atom stereocenters. The molecule has 0 saturated heterocycles. The first-order chi connectivity index (χ1) is 12.0. The standard InChI is InChI=1S/C20H24N2O3/c1-20(2,15-5-8-17-18(13-15)25-12-11-24-17)19(23)22-10-9-14-3-6-16(21)7-4-14/h3-8,13H,9-12,21H2,1-2H3,(H,22,23). The van der Waals surface area contributed by atoms with Crippen molar-refractivity contribution >= 4 is 11.6 Å². The number of carbonyl (C=O) groups excluding carboxylic acids is 1. The molecule has 0 bridgehead atoms. The van der Waals surface area contributed by atoms with E-state index < -0.39 is 5.41 Å². The van der Waals surface area contributed by atoms with Crippen LogP contribution in [0.15, 0.2) is 42.5 Å². The highest BCUT2D eigenvalue weighted by atomic mass is 16.6. The van der Waals surface area contributed by atoms with Crippen LogP contribution in [0.1, 0.15) is 25.0 Å². The Morgan fingerprint density at radius 3 is 2.48 bits per heavy atom. The number of hydrogen-bond donors (Lipinski definition) is 2. The molecule has 0 radical (unpaired) electrons. The van der Waals surface area contributed by atoms with Gasteiger partial charge in [0.15, 0.2) is 11.5 Å². The van der Waals surface area contributed by atoms with Gasteiger partial charge >= 0.3 is 0 Å². The van der Waals surface area contributed by atoms with Crippen molar-refractivity contribution in [2.45, 2.75) is 25.7 Å². The summed E-state index contributed by atoms with van der Waals surface area (Å²) in [5, 5.41) is 3.02. The smallest absolute Gasteiger partial charge is 0.230 e. The second kappa shape index (κ2) is 7.05. The van der Waals surface area contributed by atoms with Gasteiger partial charge in [0.1, 0.15) is 13.2 Å². The Balaban J connectivity index is 1.62. The second-order valence-corrected chi connectivity index (χ2v) is 6.73. The van der Waals surface area contributed by atoms with E-state index in [1.165, 1.54) is 0 Å². The monoisotopic (exact) mass is 340 g/mol. The SMILES string of the molecule is CC(C)(C(=O)NCCc1ccc(N)cc1)c1ccc2c(c1)OCCO2.